The van der Waals surface area contributed by atoms with Crippen LogP contribution in [0.25, 0.3) is 0 Å². The Bertz CT molecular complexity index is 1550. The van der Waals surface area contributed by atoms with E-state index in [1.807, 2.05) is 37.4 Å². The highest BCUT2D eigenvalue weighted by Crippen LogP contribution is 2.25. The van der Waals surface area contributed by atoms with E-state index in [4.69, 9.17) is 4.74 Å². The van der Waals surface area contributed by atoms with E-state index in [1.54, 1.807) is 13.0 Å². The molecule has 0 unspecified atom stereocenters. The first-order valence-electron chi connectivity index (χ1n) is 13.3. The molecule has 0 aliphatic carbocycles. The Morgan fingerprint density at radius 1 is 0.902 bits per heavy atom. The molecule has 0 aromatic heterocycles. The van der Waals surface area contributed by atoms with Crippen LogP contribution in [0.3, 0.4) is 0 Å². The van der Waals surface area contributed by atoms with Gasteiger partial charge in [-0.25, -0.2) is 16.8 Å². The third-order valence-corrected chi connectivity index (χ3v) is 10.8. The quantitative estimate of drug-likeness (QED) is 0.360. The molecule has 4 rings (SSSR count). The second-order valence-corrected chi connectivity index (χ2v) is 13.9. The molecule has 1 saturated heterocycles. The normalized spacial score (nSPS) is 15.1. The number of likely N-dealkylation sites (N-methyl/N-ethyl adjacent to an activating group) is 1. The average molecular weight is 601 g/mol. The number of anilines is 1. The molecule has 0 bridgehead atoms. The molecule has 3 aromatic carbocycles. The van der Waals surface area contributed by atoms with E-state index in [1.165, 1.54) is 47.8 Å². The van der Waals surface area contributed by atoms with Gasteiger partial charge in [0.05, 0.1) is 23.4 Å². The number of rotatable bonds is 11. The summed E-state index contributed by atoms with van der Waals surface area (Å²) in [5.74, 6) is 0.0251. The fourth-order valence-corrected chi connectivity index (χ4v) is 7.50. The molecule has 12 heteroatoms. The van der Waals surface area contributed by atoms with E-state index in [-0.39, 0.29) is 16.3 Å². The van der Waals surface area contributed by atoms with E-state index in [9.17, 15) is 21.6 Å². The molecule has 41 heavy (non-hydrogen) atoms. The van der Waals surface area contributed by atoms with Crippen molar-refractivity contribution in [3.05, 3.63) is 83.9 Å². The molecule has 1 amide bonds. The van der Waals surface area contributed by atoms with E-state index in [0.29, 0.717) is 49.6 Å². The fraction of sp³-hybridized carbons (Fsp3) is 0.345. The topological polar surface area (TPSA) is 116 Å². The van der Waals surface area contributed by atoms with Crippen molar-refractivity contribution >= 4 is 31.6 Å². The molecule has 1 heterocycles. The number of carbonyl (C=O) groups is 1. The number of amides is 1. The number of nitrogens with zero attached hydrogens (tertiary/aromatic N) is 3. The average Bonchev–Trinajstić information content (AvgIpc) is 2.96. The summed E-state index contributed by atoms with van der Waals surface area (Å²) in [6.07, 6.45) is 0.418. The minimum Gasteiger partial charge on any atom is -0.496 e. The van der Waals surface area contributed by atoms with Crippen molar-refractivity contribution < 1.29 is 26.4 Å². The second-order valence-electron chi connectivity index (χ2n) is 9.99. The molecule has 10 nitrogen and oxygen atoms in total. The largest absolute Gasteiger partial charge is 0.496 e. The van der Waals surface area contributed by atoms with Gasteiger partial charge < -0.3 is 15.0 Å². The summed E-state index contributed by atoms with van der Waals surface area (Å²) in [5, 5.41) is 2.71. The maximum Gasteiger partial charge on any atom is 0.243 e. The van der Waals surface area contributed by atoms with Gasteiger partial charge in [0.1, 0.15) is 5.75 Å². The molecule has 0 atom stereocenters. The standard InChI is InChI=1S/C29H36N4O6S2/c1-23-21-27(13-14-28(23)39-3)41(37,38)33(16-15-24-7-5-4-6-8-24)22-29(34)30-25-9-11-26(12-10-25)40(35,36)32-19-17-31(2)18-20-32/h4-14,21H,15-20,22H2,1-3H3,(H,30,34). The van der Waals surface area contributed by atoms with Crippen molar-refractivity contribution in [2.24, 2.45) is 0 Å². The number of aryl methyl sites for hydroxylation is 1. The molecule has 1 N–H and O–H groups in total. The number of carbonyl (C=O) groups excluding carboxylic acids is 1. The first kappa shape index (κ1) is 30.7. The minimum atomic E-state index is -4.02. The first-order chi connectivity index (χ1) is 19.5. The number of methoxy groups -OCH3 is 1. The maximum absolute atomic E-state index is 13.6. The van der Waals surface area contributed by atoms with Crippen LogP contribution in [-0.4, -0.2) is 89.7 Å². The van der Waals surface area contributed by atoms with Gasteiger partial charge in [0.15, 0.2) is 0 Å². The lowest BCUT2D eigenvalue weighted by Gasteiger charge is -2.31. The van der Waals surface area contributed by atoms with Crippen LogP contribution in [0.5, 0.6) is 5.75 Å². The molecule has 1 aliphatic rings. The molecule has 0 spiro atoms. The van der Waals surface area contributed by atoms with Crippen LogP contribution in [0, 0.1) is 6.92 Å². The van der Waals surface area contributed by atoms with Crippen molar-refractivity contribution in [1.82, 2.24) is 13.5 Å². The Morgan fingerprint density at radius 2 is 1.54 bits per heavy atom. The fourth-order valence-electron chi connectivity index (χ4n) is 4.59. The van der Waals surface area contributed by atoms with Gasteiger partial charge in [-0.2, -0.15) is 8.61 Å². The van der Waals surface area contributed by atoms with Gasteiger partial charge in [-0.15, -0.1) is 0 Å². The summed E-state index contributed by atoms with van der Waals surface area (Å²) < 4.78 is 61.2. The van der Waals surface area contributed by atoms with E-state index >= 15 is 0 Å². The number of hydrogen-bond acceptors (Lipinski definition) is 7. The van der Waals surface area contributed by atoms with E-state index < -0.39 is 32.5 Å². The molecule has 0 radical (unpaired) electrons. The van der Waals surface area contributed by atoms with Crippen LogP contribution in [0.2, 0.25) is 0 Å². The molecule has 1 aliphatic heterocycles. The highest BCUT2D eigenvalue weighted by Gasteiger charge is 2.29. The van der Waals surface area contributed by atoms with Gasteiger partial charge in [0.25, 0.3) is 0 Å². The SMILES string of the molecule is COc1ccc(S(=O)(=O)N(CCc2ccccc2)CC(=O)Nc2ccc(S(=O)(=O)N3CCN(C)CC3)cc2)cc1C. The Morgan fingerprint density at radius 3 is 2.15 bits per heavy atom. The number of sulfonamides is 2. The maximum atomic E-state index is 13.6. The molecule has 1 fully saturated rings. The van der Waals surface area contributed by atoms with Gasteiger partial charge in [0.2, 0.25) is 26.0 Å². The highest BCUT2D eigenvalue weighted by atomic mass is 32.2. The zero-order valence-corrected chi connectivity index (χ0v) is 25.1. The zero-order chi connectivity index (χ0) is 29.6. The van der Waals surface area contributed by atoms with Crippen LogP contribution in [0.15, 0.2) is 82.6 Å². The molecule has 3 aromatic rings. The second kappa shape index (κ2) is 13.1. The van der Waals surface area contributed by atoms with E-state index in [0.717, 1.165) is 9.87 Å². The summed E-state index contributed by atoms with van der Waals surface area (Å²) in [6.45, 7) is 3.58. The summed E-state index contributed by atoms with van der Waals surface area (Å²) in [7, 11) is -4.20. The van der Waals surface area contributed by atoms with E-state index in [2.05, 4.69) is 10.2 Å². The van der Waals surface area contributed by atoms with Crippen molar-refractivity contribution in [1.29, 1.82) is 0 Å². The van der Waals surface area contributed by atoms with Gasteiger partial charge in [-0.05, 0) is 74.0 Å². The van der Waals surface area contributed by atoms with Crippen LogP contribution in [-0.2, 0) is 31.3 Å². The van der Waals surface area contributed by atoms with Crippen molar-refractivity contribution in [3.63, 3.8) is 0 Å². The predicted octanol–water partition coefficient (Wildman–Crippen LogP) is 2.81. The minimum absolute atomic E-state index is 0.0649. The van der Waals surface area contributed by atoms with Crippen LogP contribution < -0.4 is 10.1 Å². The lowest BCUT2D eigenvalue weighted by molar-refractivity contribution is -0.116. The monoisotopic (exact) mass is 600 g/mol. The van der Waals surface area contributed by atoms with Crippen molar-refractivity contribution in [3.8, 4) is 5.75 Å². The summed E-state index contributed by atoms with van der Waals surface area (Å²) in [5.41, 5.74) is 1.97. The van der Waals surface area contributed by atoms with Crippen LogP contribution in [0.4, 0.5) is 5.69 Å². The highest BCUT2D eigenvalue weighted by molar-refractivity contribution is 7.89. The molecule has 0 saturated carbocycles. The third-order valence-electron chi connectivity index (χ3n) is 7.05. The summed E-state index contributed by atoms with van der Waals surface area (Å²) in [4.78, 5) is 15.4. The number of nitrogens with one attached hydrogen (secondary N) is 1. The summed E-state index contributed by atoms with van der Waals surface area (Å²) in [6, 6.07) is 20.0. The van der Waals surface area contributed by atoms with Gasteiger partial charge in [0, 0.05) is 38.4 Å². The lowest BCUT2D eigenvalue weighted by atomic mass is 10.1. The van der Waals surface area contributed by atoms with Crippen LogP contribution in [0.1, 0.15) is 11.1 Å². The Hall–Kier alpha value is -3.29. The summed E-state index contributed by atoms with van der Waals surface area (Å²) >= 11 is 0. The van der Waals surface area contributed by atoms with Gasteiger partial charge in [-0.1, -0.05) is 30.3 Å². The molecular formula is C29H36N4O6S2. The number of hydrogen-bond donors (Lipinski definition) is 1. The zero-order valence-electron chi connectivity index (χ0n) is 23.5. The molecule has 220 valence electrons. The first-order valence-corrected chi connectivity index (χ1v) is 16.2. The Labute approximate surface area is 242 Å². The molecular weight excluding hydrogens is 564 g/mol. The number of piperazine rings is 1. The van der Waals surface area contributed by atoms with Crippen molar-refractivity contribution in [2.75, 3.05) is 58.7 Å². The number of ether oxygens (including phenoxy) is 1. The Balaban J connectivity index is 1.49. The Kier molecular flexibility index (Phi) is 9.82. The van der Waals surface area contributed by atoms with Crippen molar-refractivity contribution in [2.45, 2.75) is 23.1 Å². The predicted molar refractivity (Wildman–Crippen MR) is 158 cm³/mol. The van der Waals surface area contributed by atoms with Gasteiger partial charge >= 0.3 is 0 Å². The number of benzene rings is 3. The van der Waals surface area contributed by atoms with Gasteiger partial charge in [-0.3, -0.25) is 4.79 Å². The smallest absolute Gasteiger partial charge is 0.243 e. The third kappa shape index (κ3) is 7.52. The van der Waals surface area contributed by atoms with Crippen LogP contribution >= 0.6 is 0 Å². The lowest BCUT2D eigenvalue weighted by Crippen LogP contribution is -2.46.